The van der Waals surface area contributed by atoms with Crippen LogP contribution in [0.1, 0.15) is 48.7 Å². The first-order valence-electron chi connectivity index (χ1n) is 7.28. The van der Waals surface area contributed by atoms with Crippen molar-refractivity contribution in [2.75, 3.05) is 13.2 Å². The van der Waals surface area contributed by atoms with Crippen LogP contribution in [0.25, 0.3) is 0 Å². The van der Waals surface area contributed by atoms with Gasteiger partial charge in [-0.15, -0.1) is 0 Å². The Morgan fingerprint density at radius 3 is 3.06 bits per heavy atom. The van der Waals surface area contributed by atoms with E-state index in [1.165, 1.54) is 42.6 Å². The summed E-state index contributed by atoms with van der Waals surface area (Å²) in [5.74, 6) is 0.687. The molecule has 1 aliphatic heterocycles. The molecule has 2 aliphatic rings. The zero-order valence-electron chi connectivity index (χ0n) is 11.3. The Bertz CT molecular complexity index is 418. The molecule has 1 aliphatic carbocycles. The van der Waals surface area contributed by atoms with Gasteiger partial charge in [0.2, 0.25) is 0 Å². The van der Waals surface area contributed by atoms with Crippen molar-refractivity contribution in [2.45, 2.75) is 51.6 Å². The highest BCUT2D eigenvalue weighted by Gasteiger charge is 2.24. The summed E-state index contributed by atoms with van der Waals surface area (Å²) >= 11 is 0. The summed E-state index contributed by atoms with van der Waals surface area (Å²) < 4.78 is 8.11. The van der Waals surface area contributed by atoms with Crippen molar-refractivity contribution in [3.63, 3.8) is 0 Å². The van der Waals surface area contributed by atoms with E-state index < -0.39 is 0 Å². The third kappa shape index (κ3) is 2.21. The summed E-state index contributed by atoms with van der Waals surface area (Å²) in [7, 11) is 0. The van der Waals surface area contributed by atoms with E-state index in [9.17, 15) is 0 Å². The lowest BCUT2D eigenvalue weighted by atomic mass is 9.93. The van der Waals surface area contributed by atoms with Crippen LogP contribution in [0, 0.1) is 12.8 Å². The SMILES string of the molecule is Cc1cc2c(n1CC1CCCOC1)CCCC2N. The molecule has 1 saturated heterocycles. The molecule has 1 fully saturated rings. The molecule has 2 heterocycles. The highest BCUT2D eigenvalue weighted by molar-refractivity contribution is 5.32. The molecular weight excluding hydrogens is 224 g/mol. The van der Waals surface area contributed by atoms with Crippen LogP contribution < -0.4 is 5.73 Å². The van der Waals surface area contributed by atoms with Crippen molar-refractivity contribution in [3.05, 3.63) is 23.0 Å². The predicted octanol–water partition coefficient (Wildman–Crippen LogP) is 2.56. The number of nitrogens with zero attached hydrogens (tertiary/aromatic N) is 1. The molecule has 3 nitrogen and oxygen atoms in total. The monoisotopic (exact) mass is 248 g/mol. The lowest BCUT2D eigenvalue weighted by Crippen LogP contribution is -2.24. The molecular formula is C15H24N2O. The molecule has 18 heavy (non-hydrogen) atoms. The fourth-order valence-corrected chi connectivity index (χ4v) is 3.46. The first kappa shape index (κ1) is 12.2. The minimum atomic E-state index is 0.260. The van der Waals surface area contributed by atoms with Crippen LogP contribution in [0.5, 0.6) is 0 Å². The second-order valence-corrected chi connectivity index (χ2v) is 5.88. The van der Waals surface area contributed by atoms with E-state index in [1.54, 1.807) is 0 Å². The third-order valence-corrected chi connectivity index (χ3v) is 4.47. The van der Waals surface area contributed by atoms with Gasteiger partial charge < -0.3 is 15.0 Å². The lowest BCUT2D eigenvalue weighted by molar-refractivity contribution is 0.0479. The summed E-state index contributed by atoms with van der Waals surface area (Å²) in [5, 5.41) is 0. The lowest BCUT2D eigenvalue weighted by Gasteiger charge is -2.26. The summed E-state index contributed by atoms with van der Waals surface area (Å²) in [6.45, 7) is 5.21. The van der Waals surface area contributed by atoms with Gasteiger partial charge in [-0.05, 0) is 50.7 Å². The first-order chi connectivity index (χ1) is 8.75. The molecule has 3 rings (SSSR count). The second kappa shape index (κ2) is 5.06. The number of aromatic nitrogens is 1. The highest BCUT2D eigenvalue weighted by Crippen LogP contribution is 2.31. The Labute approximate surface area is 109 Å². The molecule has 0 spiro atoms. The van der Waals surface area contributed by atoms with E-state index in [-0.39, 0.29) is 6.04 Å². The van der Waals surface area contributed by atoms with Gasteiger partial charge in [-0.1, -0.05) is 0 Å². The van der Waals surface area contributed by atoms with Crippen LogP contribution >= 0.6 is 0 Å². The van der Waals surface area contributed by atoms with Gasteiger partial charge in [-0.3, -0.25) is 0 Å². The number of hydrogen-bond donors (Lipinski definition) is 1. The van der Waals surface area contributed by atoms with Crippen molar-refractivity contribution in [1.29, 1.82) is 0 Å². The van der Waals surface area contributed by atoms with Crippen molar-refractivity contribution in [2.24, 2.45) is 11.7 Å². The van der Waals surface area contributed by atoms with Gasteiger partial charge in [0, 0.05) is 36.5 Å². The average molecular weight is 248 g/mol. The van der Waals surface area contributed by atoms with Gasteiger partial charge in [0.15, 0.2) is 0 Å². The van der Waals surface area contributed by atoms with E-state index >= 15 is 0 Å². The maximum atomic E-state index is 6.22. The van der Waals surface area contributed by atoms with Gasteiger partial charge in [-0.2, -0.15) is 0 Å². The van der Waals surface area contributed by atoms with Crippen LogP contribution in [0.3, 0.4) is 0 Å². The molecule has 2 atom stereocenters. The van der Waals surface area contributed by atoms with Crippen LogP contribution in [0.2, 0.25) is 0 Å². The molecule has 0 aromatic carbocycles. The van der Waals surface area contributed by atoms with E-state index in [0.29, 0.717) is 5.92 Å². The standard InChI is InChI=1S/C15H24N2O/c1-11-8-13-14(16)5-2-6-15(13)17(11)9-12-4-3-7-18-10-12/h8,12,14H,2-7,9-10,16H2,1H3. The first-order valence-corrected chi connectivity index (χ1v) is 7.28. The number of ether oxygens (including phenoxy) is 1. The maximum absolute atomic E-state index is 6.22. The normalized spacial score (nSPS) is 28.1. The maximum Gasteiger partial charge on any atom is 0.0511 e. The number of nitrogens with two attached hydrogens (primary N) is 1. The van der Waals surface area contributed by atoms with Gasteiger partial charge in [-0.25, -0.2) is 0 Å². The van der Waals surface area contributed by atoms with E-state index in [2.05, 4.69) is 17.6 Å². The van der Waals surface area contributed by atoms with Crippen molar-refractivity contribution in [3.8, 4) is 0 Å². The van der Waals surface area contributed by atoms with Gasteiger partial charge >= 0.3 is 0 Å². The zero-order chi connectivity index (χ0) is 12.5. The average Bonchev–Trinajstić information content (AvgIpc) is 2.70. The number of fused-ring (bicyclic) bond motifs is 1. The smallest absolute Gasteiger partial charge is 0.0511 e. The molecule has 0 bridgehead atoms. The molecule has 100 valence electrons. The Morgan fingerprint density at radius 2 is 2.28 bits per heavy atom. The molecule has 1 aromatic rings. The fourth-order valence-electron chi connectivity index (χ4n) is 3.46. The molecule has 2 N–H and O–H groups in total. The summed E-state index contributed by atoms with van der Waals surface area (Å²) in [5.41, 5.74) is 10.5. The molecule has 1 aromatic heterocycles. The predicted molar refractivity (Wildman–Crippen MR) is 72.6 cm³/mol. The Balaban J connectivity index is 1.82. The highest BCUT2D eigenvalue weighted by atomic mass is 16.5. The fraction of sp³-hybridized carbons (Fsp3) is 0.733. The minimum Gasteiger partial charge on any atom is -0.381 e. The largest absolute Gasteiger partial charge is 0.381 e. The van der Waals surface area contributed by atoms with Crippen LogP contribution in [-0.2, 0) is 17.7 Å². The topological polar surface area (TPSA) is 40.2 Å². The van der Waals surface area contributed by atoms with E-state index in [1.807, 2.05) is 0 Å². The number of rotatable bonds is 2. The Kier molecular flexibility index (Phi) is 3.44. The van der Waals surface area contributed by atoms with Crippen LogP contribution in [-0.4, -0.2) is 17.8 Å². The quantitative estimate of drug-likeness (QED) is 0.873. The van der Waals surface area contributed by atoms with Crippen LogP contribution in [0.15, 0.2) is 6.07 Å². The third-order valence-electron chi connectivity index (χ3n) is 4.47. The minimum absolute atomic E-state index is 0.260. The van der Waals surface area contributed by atoms with Gasteiger partial charge in [0.1, 0.15) is 0 Å². The Hall–Kier alpha value is -0.800. The van der Waals surface area contributed by atoms with Crippen molar-refractivity contribution < 1.29 is 4.74 Å². The Morgan fingerprint density at radius 1 is 1.39 bits per heavy atom. The van der Waals surface area contributed by atoms with Gasteiger partial charge in [0.05, 0.1) is 6.61 Å². The summed E-state index contributed by atoms with van der Waals surface area (Å²) in [4.78, 5) is 0. The van der Waals surface area contributed by atoms with Crippen molar-refractivity contribution in [1.82, 2.24) is 4.57 Å². The summed E-state index contributed by atoms with van der Waals surface area (Å²) in [6.07, 6.45) is 6.09. The number of aryl methyl sites for hydroxylation is 1. The molecule has 0 radical (unpaired) electrons. The molecule has 2 unspecified atom stereocenters. The van der Waals surface area contributed by atoms with Crippen molar-refractivity contribution >= 4 is 0 Å². The van der Waals surface area contributed by atoms with E-state index in [4.69, 9.17) is 10.5 Å². The van der Waals surface area contributed by atoms with Gasteiger partial charge in [0.25, 0.3) is 0 Å². The molecule has 3 heteroatoms. The molecule has 0 saturated carbocycles. The second-order valence-electron chi connectivity index (χ2n) is 5.88. The van der Waals surface area contributed by atoms with Crippen LogP contribution in [0.4, 0.5) is 0 Å². The zero-order valence-corrected chi connectivity index (χ0v) is 11.3. The molecule has 0 amide bonds. The van der Waals surface area contributed by atoms with E-state index in [0.717, 1.165) is 26.2 Å². The summed E-state index contributed by atoms with van der Waals surface area (Å²) in [6, 6.07) is 2.57. The number of hydrogen-bond acceptors (Lipinski definition) is 2.